The maximum Gasteiger partial charge on any atom is 0.328 e. The largest absolute Gasteiger partial charge is 0.493 e. The van der Waals surface area contributed by atoms with Crippen molar-refractivity contribution in [2.75, 3.05) is 32.6 Å². The molecule has 1 amide bonds. The Bertz CT molecular complexity index is 976. The first-order chi connectivity index (χ1) is 16.3. The number of amides is 1. The molecule has 0 aliphatic carbocycles. The Balaban J connectivity index is 0.000000440. The van der Waals surface area contributed by atoms with Crippen LogP contribution in [0.15, 0.2) is 60.7 Å². The van der Waals surface area contributed by atoms with Crippen molar-refractivity contribution in [3.8, 4) is 11.5 Å². The Morgan fingerprint density at radius 3 is 2.24 bits per heavy atom. The normalized spacial score (nSPS) is 15.3. The molecule has 1 fully saturated rings. The number of ether oxygens (including phenoxy) is 2. The number of hydrogen-bond donors (Lipinski definition) is 3. The van der Waals surface area contributed by atoms with Gasteiger partial charge >= 0.3 is 11.9 Å². The molecule has 9 heteroatoms. The summed E-state index contributed by atoms with van der Waals surface area (Å²) < 4.78 is 10.5. The highest BCUT2D eigenvalue weighted by Crippen LogP contribution is 2.30. The molecule has 0 radical (unpaired) electrons. The minimum Gasteiger partial charge on any atom is -0.493 e. The van der Waals surface area contributed by atoms with Gasteiger partial charge in [0.15, 0.2) is 11.5 Å². The molecule has 3 N–H and O–H groups in total. The van der Waals surface area contributed by atoms with E-state index in [1.807, 2.05) is 12.1 Å². The van der Waals surface area contributed by atoms with Crippen molar-refractivity contribution in [2.45, 2.75) is 25.3 Å². The monoisotopic (exact) mass is 470 g/mol. The number of nitrogens with one attached hydrogen (secondary N) is 1. The summed E-state index contributed by atoms with van der Waals surface area (Å²) in [6.45, 7) is 1.87. The Morgan fingerprint density at radius 2 is 1.65 bits per heavy atom. The fraction of sp³-hybridized carbons (Fsp3) is 0.320. The van der Waals surface area contributed by atoms with Crippen molar-refractivity contribution < 1.29 is 34.1 Å². The van der Waals surface area contributed by atoms with Gasteiger partial charge in [0.25, 0.3) is 0 Å². The highest BCUT2D eigenvalue weighted by Gasteiger charge is 2.30. The molecule has 2 aromatic carbocycles. The van der Waals surface area contributed by atoms with Crippen LogP contribution in [0.4, 0.5) is 5.69 Å². The minimum atomic E-state index is -1.26. The predicted molar refractivity (Wildman–Crippen MR) is 127 cm³/mol. The number of benzene rings is 2. The van der Waals surface area contributed by atoms with Crippen LogP contribution >= 0.6 is 0 Å². The Labute approximate surface area is 198 Å². The van der Waals surface area contributed by atoms with Gasteiger partial charge in [-0.15, -0.1) is 0 Å². The maximum atomic E-state index is 12.8. The third-order valence-electron chi connectivity index (χ3n) is 5.22. The molecule has 0 aromatic heterocycles. The van der Waals surface area contributed by atoms with Crippen LogP contribution in [0.2, 0.25) is 0 Å². The van der Waals surface area contributed by atoms with Crippen molar-refractivity contribution in [1.29, 1.82) is 0 Å². The standard InChI is InChI=1S/C21H26N2O3.C4H4O4/c1-25-19-11-10-17(15-20(19)26-2)22-21(24)18-9-6-13-23(18)14-12-16-7-4-3-5-8-16;5-3(6)1-2-4(7)8/h3-5,7-8,10-11,15,18H,6,9,12-14H2,1-2H3,(H,22,24);1-2H,(H,5,6)(H,7,8)/b;2-1+. The Kier molecular flexibility index (Phi) is 10.6. The van der Waals surface area contributed by atoms with Crippen molar-refractivity contribution in [3.05, 3.63) is 66.2 Å². The number of carboxylic acid groups (broad SMARTS) is 2. The first-order valence-electron chi connectivity index (χ1n) is 10.8. The van der Waals surface area contributed by atoms with Gasteiger partial charge in [0.1, 0.15) is 0 Å². The van der Waals surface area contributed by atoms with Gasteiger partial charge in [0.2, 0.25) is 5.91 Å². The van der Waals surface area contributed by atoms with Crippen LogP contribution < -0.4 is 14.8 Å². The molecule has 1 atom stereocenters. The lowest BCUT2D eigenvalue weighted by molar-refractivity contribution is -0.134. The van der Waals surface area contributed by atoms with Gasteiger partial charge in [0.05, 0.1) is 20.3 Å². The van der Waals surface area contributed by atoms with Gasteiger partial charge in [0, 0.05) is 30.5 Å². The molecule has 182 valence electrons. The van der Waals surface area contributed by atoms with E-state index in [0.717, 1.165) is 38.0 Å². The molecule has 2 aromatic rings. The van der Waals surface area contributed by atoms with E-state index in [1.165, 1.54) is 5.56 Å². The molecule has 0 bridgehead atoms. The van der Waals surface area contributed by atoms with Crippen LogP contribution in [-0.2, 0) is 20.8 Å². The average Bonchev–Trinajstić information content (AvgIpc) is 3.31. The molecular formula is C25H30N2O7. The fourth-order valence-corrected chi connectivity index (χ4v) is 3.59. The van der Waals surface area contributed by atoms with E-state index in [0.29, 0.717) is 23.7 Å². The van der Waals surface area contributed by atoms with E-state index >= 15 is 0 Å². The zero-order valence-corrected chi connectivity index (χ0v) is 19.3. The molecule has 1 aliphatic heterocycles. The number of anilines is 1. The van der Waals surface area contributed by atoms with Crippen LogP contribution in [-0.4, -0.2) is 66.3 Å². The number of aliphatic carboxylic acids is 2. The Hall–Kier alpha value is -3.85. The van der Waals surface area contributed by atoms with Gasteiger partial charge < -0.3 is 25.0 Å². The maximum absolute atomic E-state index is 12.8. The summed E-state index contributed by atoms with van der Waals surface area (Å²) in [7, 11) is 3.19. The predicted octanol–water partition coefficient (Wildman–Crippen LogP) is 3.06. The summed E-state index contributed by atoms with van der Waals surface area (Å²) in [5, 5.41) is 18.6. The van der Waals surface area contributed by atoms with Crippen LogP contribution in [0.25, 0.3) is 0 Å². The van der Waals surface area contributed by atoms with Crippen molar-refractivity contribution in [1.82, 2.24) is 4.90 Å². The lowest BCUT2D eigenvalue weighted by Crippen LogP contribution is -2.40. The molecule has 1 unspecified atom stereocenters. The van der Waals surface area contributed by atoms with E-state index in [2.05, 4.69) is 34.5 Å². The third-order valence-corrected chi connectivity index (χ3v) is 5.22. The highest BCUT2D eigenvalue weighted by molar-refractivity contribution is 5.95. The average molecular weight is 471 g/mol. The van der Waals surface area contributed by atoms with E-state index in [-0.39, 0.29) is 11.9 Å². The van der Waals surface area contributed by atoms with Crippen molar-refractivity contribution >= 4 is 23.5 Å². The van der Waals surface area contributed by atoms with E-state index in [4.69, 9.17) is 19.7 Å². The summed E-state index contributed by atoms with van der Waals surface area (Å²) in [6.07, 6.45) is 4.03. The summed E-state index contributed by atoms with van der Waals surface area (Å²) in [5.41, 5.74) is 2.03. The Morgan fingerprint density at radius 1 is 1.00 bits per heavy atom. The van der Waals surface area contributed by atoms with Gasteiger partial charge in [-0.25, -0.2) is 9.59 Å². The van der Waals surface area contributed by atoms with E-state index in [9.17, 15) is 14.4 Å². The molecule has 1 saturated heterocycles. The number of carboxylic acids is 2. The van der Waals surface area contributed by atoms with E-state index < -0.39 is 11.9 Å². The molecule has 1 heterocycles. The second-order valence-corrected chi connectivity index (χ2v) is 7.50. The second-order valence-electron chi connectivity index (χ2n) is 7.50. The van der Waals surface area contributed by atoms with E-state index in [1.54, 1.807) is 26.4 Å². The number of likely N-dealkylation sites (tertiary alicyclic amines) is 1. The number of methoxy groups -OCH3 is 2. The molecular weight excluding hydrogens is 440 g/mol. The molecule has 0 spiro atoms. The quantitative estimate of drug-likeness (QED) is 0.478. The molecule has 0 saturated carbocycles. The van der Waals surface area contributed by atoms with Crippen molar-refractivity contribution in [3.63, 3.8) is 0 Å². The van der Waals surface area contributed by atoms with Crippen LogP contribution in [0.5, 0.6) is 11.5 Å². The molecule has 3 rings (SSSR count). The zero-order valence-electron chi connectivity index (χ0n) is 19.3. The minimum absolute atomic E-state index is 0.0442. The smallest absolute Gasteiger partial charge is 0.328 e. The van der Waals surface area contributed by atoms with Gasteiger partial charge in [-0.3, -0.25) is 9.69 Å². The molecule has 9 nitrogen and oxygen atoms in total. The number of rotatable bonds is 9. The lowest BCUT2D eigenvalue weighted by Gasteiger charge is -2.23. The number of carbonyl (C=O) groups excluding carboxylic acids is 1. The lowest BCUT2D eigenvalue weighted by atomic mass is 10.1. The first-order valence-corrected chi connectivity index (χ1v) is 10.8. The van der Waals surface area contributed by atoms with Gasteiger partial charge in [-0.1, -0.05) is 30.3 Å². The number of nitrogens with zero attached hydrogens (tertiary/aromatic N) is 1. The summed E-state index contributed by atoms with van der Waals surface area (Å²) in [6, 6.07) is 15.8. The second kappa shape index (κ2) is 13.6. The molecule has 1 aliphatic rings. The highest BCUT2D eigenvalue weighted by atomic mass is 16.5. The van der Waals surface area contributed by atoms with Crippen molar-refractivity contribution in [2.24, 2.45) is 0 Å². The first kappa shape index (κ1) is 26.4. The summed E-state index contributed by atoms with van der Waals surface area (Å²) in [5.74, 6) is -1.21. The van der Waals surface area contributed by atoms with Crippen LogP contribution in [0.1, 0.15) is 18.4 Å². The topological polar surface area (TPSA) is 125 Å². The van der Waals surface area contributed by atoms with Crippen LogP contribution in [0.3, 0.4) is 0 Å². The molecule has 34 heavy (non-hydrogen) atoms. The number of hydrogen-bond acceptors (Lipinski definition) is 6. The summed E-state index contributed by atoms with van der Waals surface area (Å²) in [4.78, 5) is 34.2. The van der Waals surface area contributed by atoms with Gasteiger partial charge in [-0.2, -0.15) is 0 Å². The van der Waals surface area contributed by atoms with Gasteiger partial charge in [-0.05, 0) is 43.5 Å². The number of carbonyl (C=O) groups is 3. The fourth-order valence-electron chi connectivity index (χ4n) is 3.59. The van der Waals surface area contributed by atoms with Crippen LogP contribution in [0, 0.1) is 0 Å². The summed E-state index contributed by atoms with van der Waals surface area (Å²) >= 11 is 0. The third kappa shape index (κ3) is 8.59. The SMILES string of the molecule is COc1ccc(NC(=O)C2CCCN2CCc2ccccc2)cc1OC.O=C(O)/C=C/C(=O)O. The zero-order chi connectivity index (χ0) is 24.9.